The van der Waals surface area contributed by atoms with Crippen LogP contribution < -0.4 is 0 Å². The standard InChI is InChI=1S/C14H16BrNO/c1-9(2)16-8-11(7-10(3)17)14-12(15)5-4-6-13(14)16/h4-6,8-9H,7H2,1-3H3. The Morgan fingerprint density at radius 1 is 1.41 bits per heavy atom. The van der Waals surface area contributed by atoms with Gasteiger partial charge in [-0.05, 0) is 38.5 Å². The van der Waals surface area contributed by atoms with E-state index in [-0.39, 0.29) is 5.78 Å². The van der Waals surface area contributed by atoms with E-state index in [4.69, 9.17) is 0 Å². The molecule has 0 amide bonds. The molecule has 17 heavy (non-hydrogen) atoms. The Labute approximate surface area is 110 Å². The van der Waals surface area contributed by atoms with Gasteiger partial charge in [-0.25, -0.2) is 0 Å². The fourth-order valence-corrected chi connectivity index (χ4v) is 2.79. The molecule has 2 aromatic rings. The summed E-state index contributed by atoms with van der Waals surface area (Å²) < 4.78 is 3.28. The van der Waals surface area contributed by atoms with Crippen LogP contribution in [-0.2, 0) is 11.2 Å². The van der Waals surface area contributed by atoms with Crippen molar-refractivity contribution in [2.45, 2.75) is 33.2 Å². The fourth-order valence-electron chi connectivity index (χ4n) is 2.18. The summed E-state index contributed by atoms with van der Waals surface area (Å²) in [5.41, 5.74) is 2.29. The van der Waals surface area contributed by atoms with Crippen molar-refractivity contribution in [2.75, 3.05) is 0 Å². The van der Waals surface area contributed by atoms with E-state index in [1.54, 1.807) is 6.92 Å². The molecule has 90 valence electrons. The minimum Gasteiger partial charge on any atom is -0.345 e. The van der Waals surface area contributed by atoms with Crippen molar-refractivity contribution in [3.8, 4) is 0 Å². The molecule has 2 rings (SSSR count). The van der Waals surface area contributed by atoms with E-state index in [2.05, 4.69) is 46.6 Å². The predicted octanol–water partition coefficient (Wildman–Crippen LogP) is 4.12. The number of nitrogens with zero attached hydrogens (tertiary/aromatic N) is 1. The van der Waals surface area contributed by atoms with Gasteiger partial charge in [0.2, 0.25) is 0 Å². The number of fused-ring (bicyclic) bond motifs is 1. The molecule has 1 aromatic carbocycles. The van der Waals surface area contributed by atoms with Crippen molar-refractivity contribution in [1.82, 2.24) is 4.57 Å². The lowest BCUT2D eigenvalue weighted by molar-refractivity contribution is -0.116. The Bertz CT molecular complexity index is 569. The third-order valence-electron chi connectivity index (χ3n) is 2.88. The van der Waals surface area contributed by atoms with Crippen molar-refractivity contribution in [1.29, 1.82) is 0 Å². The number of ketones is 1. The van der Waals surface area contributed by atoms with Gasteiger partial charge in [0, 0.05) is 34.0 Å². The number of aromatic nitrogens is 1. The Morgan fingerprint density at radius 3 is 2.71 bits per heavy atom. The summed E-state index contributed by atoms with van der Waals surface area (Å²) in [4.78, 5) is 11.3. The van der Waals surface area contributed by atoms with Crippen molar-refractivity contribution in [3.63, 3.8) is 0 Å². The second kappa shape index (κ2) is 4.65. The van der Waals surface area contributed by atoms with Gasteiger partial charge in [-0.15, -0.1) is 0 Å². The highest BCUT2D eigenvalue weighted by Crippen LogP contribution is 2.31. The maximum Gasteiger partial charge on any atom is 0.134 e. The number of rotatable bonds is 3. The lowest BCUT2D eigenvalue weighted by Crippen LogP contribution is -1.98. The third-order valence-corrected chi connectivity index (χ3v) is 3.54. The molecule has 1 heterocycles. The summed E-state index contributed by atoms with van der Waals surface area (Å²) in [7, 11) is 0. The van der Waals surface area contributed by atoms with Crippen molar-refractivity contribution < 1.29 is 4.79 Å². The second-order valence-corrected chi connectivity index (χ2v) is 5.52. The molecule has 3 heteroatoms. The summed E-state index contributed by atoms with van der Waals surface area (Å²) in [6, 6.07) is 6.55. The van der Waals surface area contributed by atoms with E-state index in [0.29, 0.717) is 12.5 Å². The maximum absolute atomic E-state index is 11.3. The summed E-state index contributed by atoms with van der Waals surface area (Å²) in [5.74, 6) is 0.198. The maximum atomic E-state index is 11.3. The van der Waals surface area contributed by atoms with Gasteiger partial charge in [0.15, 0.2) is 0 Å². The number of carbonyl (C=O) groups excluding carboxylic acids is 1. The van der Waals surface area contributed by atoms with E-state index in [1.807, 2.05) is 12.1 Å². The first-order chi connectivity index (χ1) is 8.00. The van der Waals surface area contributed by atoms with Crippen LogP contribution in [0.4, 0.5) is 0 Å². The predicted molar refractivity (Wildman–Crippen MR) is 74.4 cm³/mol. The first-order valence-corrected chi connectivity index (χ1v) is 6.57. The van der Waals surface area contributed by atoms with E-state index >= 15 is 0 Å². The van der Waals surface area contributed by atoms with Gasteiger partial charge in [0.05, 0.1) is 0 Å². The van der Waals surface area contributed by atoms with Gasteiger partial charge in [-0.2, -0.15) is 0 Å². The molecule has 0 aliphatic rings. The van der Waals surface area contributed by atoms with Gasteiger partial charge in [-0.1, -0.05) is 22.0 Å². The summed E-state index contributed by atoms with van der Waals surface area (Å²) in [6.45, 7) is 5.94. The van der Waals surface area contributed by atoms with Gasteiger partial charge in [0.25, 0.3) is 0 Å². The average molecular weight is 294 g/mol. The Hall–Kier alpha value is -1.09. The van der Waals surface area contributed by atoms with Crippen LogP contribution >= 0.6 is 15.9 Å². The van der Waals surface area contributed by atoms with Crippen LogP contribution in [0, 0.1) is 0 Å². The lowest BCUT2D eigenvalue weighted by atomic mass is 10.1. The number of hydrogen-bond acceptors (Lipinski definition) is 1. The summed E-state index contributed by atoms with van der Waals surface area (Å²) >= 11 is 3.58. The third kappa shape index (κ3) is 2.29. The summed E-state index contributed by atoms with van der Waals surface area (Å²) in [5, 5.41) is 1.16. The molecule has 0 spiro atoms. The van der Waals surface area contributed by atoms with Gasteiger partial charge in [-0.3, -0.25) is 4.79 Å². The fraction of sp³-hybridized carbons (Fsp3) is 0.357. The zero-order valence-corrected chi connectivity index (χ0v) is 11.9. The molecule has 0 saturated heterocycles. The number of hydrogen-bond donors (Lipinski definition) is 0. The molecule has 0 radical (unpaired) electrons. The highest BCUT2D eigenvalue weighted by Gasteiger charge is 2.13. The molecule has 0 N–H and O–H groups in total. The number of halogens is 1. The second-order valence-electron chi connectivity index (χ2n) is 4.67. The van der Waals surface area contributed by atoms with E-state index in [0.717, 1.165) is 15.4 Å². The zero-order valence-electron chi connectivity index (χ0n) is 10.3. The van der Waals surface area contributed by atoms with Crippen LogP contribution in [-0.4, -0.2) is 10.4 Å². The zero-order chi connectivity index (χ0) is 12.6. The minimum atomic E-state index is 0.198. The van der Waals surface area contributed by atoms with Crippen LogP contribution in [0.3, 0.4) is 0 Å². The molecule has 0 atom stereocenters. The monoisotopic (exact) mass is 293 g/mol. The Kier molecular flexibility index (Phi) is 3.38. The molecule has 0 saturated carbocycles. The average Bonchev–Trinajstić information content (AvgIpc) is 2.57. The minimum absolute atomic E-state index is 0.198. The lowest BCUT2D eigenvalue weighted by Gasteiger charge is -2.08. The number of carbonyl (C=O) groups is 1. The quantitative estimate of drug-likeness (QED) is 0.834. The SMILES string of the molecule is CC(=O)Cc1cn(C(C)C)c2cccc(Br)c12. The smallest absolute Gasteiger partial charge is 0.134 e. The van der Waals surface area contributed by atoms with Crippen LogP contribution in [0.25, 0.3) is 10.9 Å². The van der Waals surface area contributed by atoms with E-state index in [9.17, 15) is 4.79 Å². The highest BCUT2D eigenvalue weighted by molar-refractivity contribution is 9.10. The first-order valence-electron chi connectivity index (χ1n) is 5.78. The molecule has 2 nitrogen and oxygen atoms in total. The van der Waals surface area contributed by atoms with Crippen LogP contribution in [0.2, 0.25) is 0 Å². The van der Waals surface area contributed by atoms with E-state index in [1.165, 1.54) is 5.52 Å². The molecule has 0 bridgehead atoms. The van der Waals surface area contributed by atoms with Crippen molar-refractivity contribution in [2.24, 2.45) is 0 Å². The molecular weight excluding hydrogens is 278 g/mol. The number of Topliss-reactive ketones (excluding diaryl/α,β-unsaturated/α-hetero) is 1. The van der Waals surface area contributed by atoms with Gasteiger partial charge < -0.3 is 4.57 Å². The topological polar surface area (TPSA) is 22.0 Å². The van der Waals surface area contributed by atoms with Crippen LogP contribution in [0.1, 0.15) is 32.4 Å². The number of benzene rings is 1. The molecule has 0 fully saturated rings. The van der Waals surface area contributed by atoms with Crippen molar-refractivity contribution in [3.05, 3.63) is 34.4 Å². The Morgan fingerprint density at radius 2 is 2.12 bits per heavy atom. The molecule has 0 aliphatic heterocycles. The van der Waals surface area contributed by atoms with Crippen molar-refractivity contribution >= 4 is 32.6 Å². The highest BCUT2D eigenvalue weighted by atomic mass is 79.9. The normalized spacial score (nSPS) is 11.4. The van der Waals surface area contributed by atoms with Gasteiger partial charge in [0.1, 0.15) is 5.78 Å². The molecule has 1 aromatic heterocycles. The van der Waals surface area contributed by atoms with Gasteiger partial charge >= 0.3 is 0 Å². The van der Waals surface area contributed by atoms with Crippen LogP contribution in [0.5, 0.6) is 0 Å². The molecule has 0 unspecified atom stereocenters. The molecular formula is C14H16BrNO. The summed E-state index contributed by atoms with van der Waals surface area (Å²) in [6.07, 6.45) is 2.60. The largest absolute Gasteiger partial charge is 0.345 e. The van der Waals surface area contributed by atoms with E-state index < -0.39 is 0 Å². The Balaban J connectivity index is 2.71. The van der Waals surface area contributed by atoms with Crippen LogP contribution in [0.15, 0.2) is 28.9 Å². The first kappa shape index (κ1) is 12.4. The molecule has 0 aliphatic carbocycles.